The Labute approximate surface area is 111 Å². The number of alkyl halides is 3. The minimum absolute atomic E-state index is 0.0293. The van der Waals surface area contributed by atoms with Gasteiger partial charge in [-0.05, 0) is 19.1 Å². The van der Waals surface area contributed by atoms with E-state index in [1.165, 1.54) is 16.7 Å². The first-order valence-corrected chi connectivity index (χ1v) is 5.98. The van der Waals surface area contributed by atoms with Gasteiger partial charge in [0.05, 0.1) is 21.1 Å². The second kappa shape index (κ2) is 4.63. The molecule has 2 aromatic rings. The fourth-order valence-corrected chi connectivity index (χ4v) is 2.15. The van der Waals surface area contributed by atoms with E-state index in [0.29, 0.717) is 22.6 Å². The number of imidazole rings is 1. The highest BCUT2D eigenvalue weighted by atomic mass is 35.5. The number of fused-ring (bicyclic) bond motifs is 1. The molecule has 2 rings (SSSR count). The lowest BCUT2D eigenvalue weighted by Gasteiger charge is -2.08. The Hall–Kier alpha value is -0.940. The maximum Gasteiger partial charge on any atom is 0.396 e. The van der Waals surface area contributed by atoms with Crippen molar-refractivity contribution in [2.24, 2.45) is 0 Å². The predicted octanol–water partition coefficient (Wildman–Crippen LogP) is 4.47. The van der Waals surface area contributed by atoms with Crippen LogP contribution in [0.1, 0.15) is 12.7 Å². The molecule has 0 aliphatic carbocycles. The standard InChI is InChI=1S/C11H9Cl2F3N2/c1-2-18-9-4-7(13)6(12)3-8(9)17-10(18)5-11(14,15)16/h3-4H,2,5H2,1H3. The number of halogens is 5. The van der Waals surface area contributed by atoms with Crippen molar-refractivity contribution in [2.75, 3.05) is 0 Å². The lowest BCUT2D eigenvalue weighted by atomic mass is 10.3. The molecule has 0 unspecified atom stereocenters. The summed E-state index contributed by atoms with van der Waals surface area (Å²) >= 11 is 11.7. The van der Waals surface area contributed by atoms with E-state index in [4.69, 9.17) is 23.2 Å². The Bertz CT molecular complexity index is 590. The molecule has 0 fully saturated rings. The van der Waals surface area contributed by atoms with Gasteiger partial charge in [0.2, 0.25) is 0 Å². The van der Waals surface area contributed by atoms with Crippen LogP contribution < -0.4 is 0 Å². The number of hydrogen-bond acceptors (Lipinski definition) is 1. The Morgan fingerprint density at radius 1 is 1.22 bits per heavy atom. The zero-order valence-electron chi connectivity index (χ0n) is 9.35. The number of hydrogen-bond donors (Lipinski definition) is 0. The molecule has 0 saturated carbocycles. The molecule has 98 valence electrons. The molecule has 0 aliphatic heterocycles. The summed E-state index contributed by atoms with van der Waals surface area (Å²) in [6.07, 6.45) is -5.35. The SMILES string of the molecule is CCn1c(CC(F)(F)F)nc2cc(Cl)c(Cl)cc21. The van der Waals surface area contributed by atoms with Gasteiger partial charge in [0, 0.05) is 6.54 Å². The first kappa shape index (κ1) is 13.5. The van der Waals surface area contributed by atoms with E-state index in [2.05, 4.69) is 4.98 Å². The van der Waals surface area contributed by atoms with Crippen molar-refractivity contribution in [3.8, 4) is 0 Å². The number of rotatable bonds is 2. The van der Waals surface area contributed by atoms with E-state index < -0.39 is 12.6 Å². The Morgan fingerprint density at radius 2 is 1.83 bits per heavy atom. The van der Waals surface area contributed by atoms with Crippen LogP contribution in [0.2, 0.25) is 10.0 Å². The monoisotopic (exact) mass is 296 g/mol. The molecule has 1 heterocycles. The minimum atomic E-state index is -4.29. The van der Waals surface area contributed by atoms with E-state index in [-0.39, 0.29) is 10.8 Å². The van der Waals surface area contributed by atoms with Crippen molar-refractivity contribution in [1.82, 2.24) is 9.55 Å². The molecule has 2 nitrogen and oxygen atoms in total. The van der Waals surface area contributed by atoms with Crippen LogP contribution in [-0.4, -0.2) is 15.7 Å². The van der Waals surface area contributed by atoms with Gasteiger partial charge in [-0.15, -0.1) is 0 Å². The molecule has 7 heteroatoms. The quantitative estimate of drug-likeness (QED) is 0.799. The highest BCUT2D eigenvalue weighted by Crippen LogP contribution is 2.30. The molecule has 18 heavy (non-hydrogen) atoms. The largest absolute Gasteiger partial charge is 0.396 e. The summed E-state index contributed by atoms with van der Waals surface area (Å²) in [4.78, 5) is 3.97. The maximum atomic E-state index is 12.4. The number of aryl methyl sites for hydroxylation is 1. The molecule has 0 N–H and O–H groups in total. The predicted molar refractivity (Wildman–Crippen MR) is 65.2 cm³/mol. The van der Waals surface area contributed by atoms with Gasteiger partial charge in [0.1, 0.15) is 12.2 Å². The van der Waals surface area contributed by atoms with Crippen LogP contribution in [0.25, 0.3) is 11.0 Å². The molecule has 0 spiro atoms. The van der Waals surface area contributed by atoms with E-state index in [9.17, 15) is 13.2 Å². The van der Waals surface area contributed by atoms with Crippen molar-refractivity contribution >= 4 is 34.2 Å². The van der Waals surface area contributed by atoms with E-state index in [1.54, 1.807) is 6.92 Å². The molecular formula is C11H9Cl2F3N2. The van der Waals surface area contributed by atoms with Crippen LogP contribution in [0, 0.1) is 0 Å². The van der Waals surface area contributed by atoms with Gasteiger partial charge in [-0.2, -0.15) is 13.2 Å². The summed E-state index contributed by atoms with van der Waals surface area (Å²) in [6.45, 7) is 2.14. The molecule has 0 aliphatic rings. The molecule has 0 radical (unpaired) electrons. The van der Waals surface area contributed by atoms with Gasteiger partial charge >= 0.3 is 6.18 Å². The van der Waals surface area contributed by atoms with Gasteiger partial charge in [-0.3, -0.25) is 0 Å². The van der Waals surface area contributed by atoms with Crippen LogP contribution in [0.3, 0.4) is 0 Å². The maximum absolute atomic E-state index is 12.4. The van der Waals surface area contributed by atoms with Gasteiger partial charge in [-0.1, -0.05) is 23.2 Å². The minimum Gasteiger partial charge on any atom is -0.328 e. The third kappa shape index (κ3) is 2.57. The van der Waals surface area contributed by atoms with Crippen LogP contribution in [-0.2, 0) is 13.0 Å². The summed E-state index contributed by atoms with van der Waals surface area (Å²) < 4.78 is 38.8. The van der Waals surface area contributed by atoms with E-state index in [0.717, 1.165) is 0 Å². The van der Waals surface area contributed by atoms with Crippen molar-refractivity contribution in [2.45, 2.75) is 26.1 Å². The Morgan fingerprint density at radius 3 is 2.39 bits per heavy atom. The van der Waals surface area contributed by atoms with Gasteiger partial charge in [0.15, 0.2) is 0 Å². The molecule has 1 aromatic heterocycles. The summed E-state index contributed by atoms with van der Waals surface area (Å²) in [5.41, 5.74) is 0.983. The molecule has 0 atom stereocenters. The van der Waals surface area contributed by atoms with Crippen molar-refractivity contribution in [3.05, 3.63) is 28.0 Å². The fraction of sp³-hybridized carbons (Fsp3) is 0.364. The second-order valence-electron chi connectivity index (χ2n) is 3.82. The summed E-state index contributed by atoms with van der Waals surface area (Å²) in [6, 6.07) is 3.01. The lowest BCUT2D eigenvalue weighted by Crippen LogP contribution is -2.16. The third-order valence-electron chi connectivity index (χ3n) is 2.54. The lowest BCUT2D eigenvalue weighted by molar-refractivity contribution is -0.128. The second-order valence-corrected chi connectivity index (χ2v) is 4.63. The average Bonchev–Trinajstić information content (AvgIpc) is 2.53. The number of benzene rings is 1. The van der Waals surface area contributed by atoms with Crippen LogP contribution in [0.4, 0.5) is 13.2 Å². The number of aromatic nitrogens is 2. The highest BCUT2D eigenvalue weighted by Gasteiger charge is 2.30. The highest BCUT2D eigenvalue weighted by molar-refractivity contribution is 6.42. The van der Waals surface area contributed by atoms with Gasteiger partial charge < -0.3 is 4.57 Å². The van der Waals surface area contributed by atoms with Gasteiger partial charge in [0.25, 0.3) is 0 Å². The van der Waals surface area contributed by atoms with Gasteiger partial charge in [-0.25, -0.2) is 4.98 Å². The molecule has 0 bridgehead atoms. The zero-order valence-corrected chi connectivity index (χ0v) is 10.9. The van der Waals surface area contributed by atoms with Crippen molar-refractivity contribution < 1.29 is 13.2 Å². The summed E-state index contributed by atoms with van der Waals surface area (Å²) in [5.74, 6) is -0.0293. The van der Waals surface area contributed by atoms with Crippen molar-refractivity contribution in [1.29, 1.82) is 0 Å². The van der Waals surface area contributed by atoms with E-state index >= 15 is 0 Å². The summed E-state index contributed by atoms with van der Waals surface area (Å²) in [7, 11) is 0. The Kier molecular flexibility index (Phi) is 3.47. The molecule has 0 amide bonds. The van der Waals surface area contributed by atoms with Crippen LogP contribution >= 0.6 is 23.2 Å². The molecule has 0 saturated heterocycles. The van der Waals surface area contributed by atoms with Crippen molar-refractivity contribution in [3.63, 3.8) is 0 Å². The van der Waals surface area contributed by atoms with E-state index in [1.807, 2.05) is 0 Å². The fourth-order valence-electron chi connectivity index (χ4n) is 1.84. The van der Waals surface area contributed by atoms with Crippen LogP contribution in [0.5, 0.6) is 0 Å². The first-order chi connectivity index (χ1) is 8.31. The normalized spacial score (nSPS) is 12.3. The molecular weight excluding hydrogens is 288 g/mol. The third-order valence-corrected chi connectivity index (χ3v) is 3.27. The zero-order chi connectivity index (χ0) is 13.5. The summed E-state index contributed by atoms with van der Waals surface area (Å²) in [5, 5.41) is 0.584. The Balaban J connectivity index is 2.61. The number of nitrogens with zero attached hydrogens (tertiary/aromatic N) is 2. The first-order valence-electron chi connectivity index (χ1n) is 5.22. The average molecular weight is 297 g/mol. The smallest absolute Gasteiger partial charge is 0.328 e. The van der Waals surface area contributed by atoms with Crippen LogP contribution in [0.15, 0.2) is 12.1 Å². The molecule has 1 aromatic carbocycles. The topological polar surface area (TPSA) is 17.8 Å².